The number of hydroxylamine groups is 1. The van der Waals surface area contributed by atoms with Gasteiger partial charge >= 0.3 is 0 Å². The maximum atomic E-state index is 5.83. The Balaban J connectivity index is 1.27. The molecule has 6 nitrogen and oxygen atoms in total. The minimum atomic E-state index is -0.247. The zero-order valence-electron chi connectivity index (χ0n) is 14.8. The molecule has 5 rings (SSSR count). The van der Waals surface area contributed by atoms with E-state index < -0.39 is 0 Å². The van der Waals surface area contributed by atoms with Crippen LogP contribution in [0.4, 0.5) is 0 Å². The van der Waals surface area contributed by atoms with E-state index in [1.165, 1.54) is 0 Å². The fourth-order valence-corrected chi connectivity index (χ4v) is 2.99. The number of aromatic nitrogens is 2. The molecule has 1 aliphatic heterocycles. The third kappa shape index (κ3) is 3.41. The van der Waals surface area contributed by atoms with E-state index in [-0.39, 0.29) is 6.10 Å². The number of fused-ring (bicyclic) bond motifs is 1. The number of hydrogen-bond donors (Lipinski definition) is 2. The van der Waals surface area contributed by atoms with Crippen LogP contribution in [-0.4, -0.2) is 9.97 Å². The molecule has 0 saturated carbocycles. The molecule has 138 valence electrons. The summed E-state index contributed by atoms with van der Waals surface area (Å²) in [7, 11) is 0. The number of rotatable bonds is 5. The van der Waals surface area contributed by atoms with Crippen molar-refractivity contribution >= 4 is 11.0 Å². The van der Waals surface area contributed by atoms with Crippen molar-refractivity contribution < 1.29 is 14.3 Å². The summed E-state index contributed by atoms with van der Waals surface area (Å²) < 4.78 is 11.6. The largest absolute Gasteiger partial charge is 0.457 e. The number of pyridine rings is 1. The molecule has 2 aromatic carbocycles. The summed E-state index contributed by atoms with van der Waals surface area (Å²) in [5, 5.41) is 0. The van der Waals surface area contributed by atoms with Crippen LogP contribution in [0, 0.1) is 0 Å². The molecule has 3 heterocycles. The second-order valence-electron chi connectivity index (χ2n) is 6.34. The van der Waals surface area contributed by atoms with Gasteiger partial charge in [-0.3, -0.25) is 9.82 Å². The van der Waals surface area contributed by atoms with Gasteiger partial charge in [0.2, 0.25) is 5.88 Å². The molecule has 0 bridgehead atoms. The first kappa shape index (κ1) is 16.4. The van der Waals surface area contributed by atoms with Crippen LogP contribution in [0.3, 0.4) is 0 Å². The molecule has 1 atom stereocenters. The van der Waals surface area contributed by atoms with Crippen molar-refractivity contribution in [2.75, 3.05) is 0 Å². The monoisotopic (exact) mass is 371 g/mol. The topological polar surface area (TPSA) is 68.4 Å². The van der Waals surface area contributed by atoms with E-state index in [0.717, 1.165) is 28.1 Å². The van der Waals surface area contributed by atoms with E-state index in [1.54, 1.807) is 6.20 Å². The fraction of sp³-hybridized carbons (Fsp3) is 0.0455. The Morgan fingerprint density at radius 3 is 2.54 bits per heavy atom. The third-order valence-electron chi connectivity index (χ3n) is 4.38. The molecule has 0 aliphatic carbocycles. The maximum Gasteiger partial charge on any atom is 0.216 e. The zero-order valence-corrected chi connectivity index (χ0v) is 14.8. The lowest BCUT2D eigenvalue weighted by Crippen LogP contribution is -2.12. The van der Waals surface area contributed by atoms with Crippen molar-refractivity contribution in [3.8, 4) is 17.2 Å². The highest BCUT2D eigenvalue weighted by Crippen LogP contribution is 2.29. The van der Waals surface area contributed by atoms with Gasteiger partial charge in [-0.2, -0.15) is 0 Å². The van der Waals surface area contributed by atoms with Crippen LogP contribution in [0.1, 0.15) is 11.7 Å². The van der Waals surface area contributed by atoms with Gasteiger partial charge in [-0.25, -0.2) is 5.48 Å². The number of hydrogen-bond acceptors (Lipinski definition) is 5. The molecule has 0 radical (unpaired) electrons. The van der Waals surface area contributed by atoms with Crippen LogP contribution in [-0.2, 0) is 4.84 Å². The lowest BCUT2D eigenvalue weighted by atomic mass is 10.1. The average molecular weight is 371 g/mol. The van der Waals surface area contributed by atoms with Gasteiger partial charge in [-0.15, -0.1) is 0 Å². The number of nitrogens with zero attached hydrogens (tertiary/aromatic N) is 1. The Morgan fingerprint density at radius 2 is 1.68 bits per heavy atom. The van der Waals surface area contributed by atoms with Crippen molar-refractivity contribution in [1.29, 1.82) is 0 Å². The van der Waals surface area contributed by atoms with E-state index in [9.17, 15) is 0 Å². The smallest absolute Gasteiger partial charge is 0.216 e. The molecule has 2 aromatic heterocycles. The fourth-order valence-electron chi connectivity index (χ4n) is 2.99. The van der Waals surface area contributed by atoms with Crippen LogP contribution in [0.5, 0.6) is 17.2 Å². The summed E-state index contributed by atoms with van der Waals surface area (Å²) in [5.41, 5.74) is 5.62. The van der Waals surface area contributed by atoms with Crippen LogP contribution in [0.25, 0.3) is 11.0 Å². The van der Waals surface area contributed by atoms with Crippen molar-refractivity contribution in [3.63, 3.8) is 0 Å². The van der Waals surface area contributed by atoms with Crippen molar-refractivity contribution in [2.45, 2.75) is 6.10 Å². The first-order valence-corrected chi connectivity index (χ1v) is 8.91. The molecule has 0 amide bonds. The summed E-state index contributed by atoms with van der Waals surface area (Å²) in [6.45, 7) is 0. The number of para-hydroxylation sites is 1. The molecule has 0 spiro atoms. The predicted molar refractivity (Wildman–Crippen MR) is 105 cm³/mol. The van der Waals surface area contributed by atoms with Crippen LogP contribution in [0.15, 0.2) is 91.1 Å². The lowest BCUT2D eigenvalue weighted by Gasteiger charge is -2.09. The number of ether oxygens (including phenoxy) is 2. The normalized spacial score (nSPS) is 15.9. The van der Waals surface area contributed by atoms with E-state index >= 15 is 0 Å². The van der Waals surface area contributed by atoms with Gasteiger partial charge in [0.15, 0.2) is 0 Å². The molecule has 1 unspecified atom stereocenters. The highest BCUT2D eigenvalue weighted by atomic mass is 16.7. The summed E-state index contributed by atoms with van der Waals surface area (Å²) in [5.74, 6) is 2.73. The summed E-state index contributed by atoms with van der Waals surface area (Å²) in [6, 6.07) is 21.3. The van der Waals surface area contributed by atoms with E-state index in [0.29, 0.717) is 11.6 Å². The maximum absolute atomic E-state index is 5.83. The minimum Gasteiger partial charge on any atom is -0.457 e. The summed E-state index contributed by atoms with van der Waals surface area (Å²) >= 11 is 0. The van der Waals surface area contributed by atoms with Gasteiger partial charge in [0.25, 0.3) is 0 Å². The first-order valence-electron chi connectivity index (χ1n) is 8.91. The zero-order chi connectivity index (χ0) is 18.8. The second-order valence-corrected chi connectivity index (χ2v) is 6.34. The van der Waals surface area contributed by atoms with Crippen LogP contribution < -0.4 is 15.0 Å². The van der Waals surface area contributed by atoms with Gasteiger partial charge < -0.3 is 14.5 Å². The van der Waals surface area contributed by atoms with Crippen molar-refractivity contribution in [3.05, 3.63) is 96.6 Å². The number of nitrogens with one attached hydrogen (secondary N) is 2. The molecule has 1 aliphatic rings. The van der Waals surface area contributed by atoms with Crippen LogP contribution in [0.2, 0.25) is 0 Å². The molecule has 6 heteroatoms. The first-order chi connectivity index (χ1) is 13.8. The molecule has 4 aromatic rings. The highest BCUT2D eigenvalue weighted by molar-refractivity contribution is 5.75. The average Bonchev–Trinajstić information content (AvgIpc) is 3.39. The number of H-pyrrole nitrogens is 1. The van der Waals surface area contributed by atoms with Gasteiger partial charge in [0, 0.05) is 18.3 Å². The summed E-state index contributed by atoms with van der Waals surface area (Å²) in [6.07, 6.45) is 5.16. The Hall–Kier alpha value is -3.77. The Kier molecular flexibility index (Phi) is 4.16. The lowest BCUT2D eigenvalue weighted by molar-refractivity contribution is 0.0273. The van der Waals surface area contributed by atoms with Crippen molar-refractivity contribution in [1.82, 2.24) is 15.4 Å². The van der Waals surface area contributed by atoms with Gasteiger partial charge in [0.1, 0.15) is 23.4 Å². The minimum absolute atomic E-state index is 0.247. The van der Waals surface area contributed by atoms with E-state index in [1.807, 2.05) is 79.0 Å². The quantitative estimate of drug-likeness (QED) is 0.525. The molecule has 28 heavy (non-hydrogen) atoms. The second kappa shape index (κ2) is 7.09. The van der Waals surface area contributed by atoms with Crippen molar-refractivity contribution in [2.24, 2.45) is 0 Å². The Bertz CT molecular complexity index is 1120. The van der Waals surface area contributed by atoms with E-state index in [2.05, 4.69) is 15.4 Å². The van der Waals surface area contributed by atoms with Gasteiger partial charge in [-0.05, 0) is 35.9 Å². The van der Waals surface area contributed by atoms with Crippen LogP contribution >= 0.6 is 0 Å². The van der Waals surface area contributed by atoms with Gasteiger partial charge in [-0.1, -0.05) is 30.3 Å². The standard InChI is InChI=1S/C22H17N3O3/c1-2-4-16(5-3-1)26-17-8-6-15(7-9-17)21-13-22(25-28-21)27-18-12-20-19(24-14-18)10-11-23-20/h1-14,21,23,25H. The highest BCUT2D eigenvalue weighted by Gasteiger charge is 2.20. The predicted octanol–water partition coefficient (Wildman–Crippen LogP) is 4.85. The summed E-state index contributed by atoms with van der Waals surface area (Å²) in [4.78, 5) is 13.1. The van der Waals surface area contributed by atoms with Gasteiger partial charge in [0.05, 0.1) is 17.2 Å². The third-order valence-corrected chi connectivity index (χ3v) is 4.38. The Labute approximate surface area is 161 Å². The molecule has 0 saturated heterocycles. The SMILES string of the molecule is C1=C(Oc2cnc3cc[nH]c3c2)NOC1c1ccc(Oc2ccccc2)cc1. The Morgan fingerprint density at radius 1 is 0.857 bits per heavy atom. The number of aromatic amines is 1. The molecular formula is C22H17N3O3. The van der Waals surface area contributed by atoms with E-state index in [4.69, 9.17) is 14.3 Å². The molecule has 0 fully saturated rings. The number of benzene rings is 2. The molecule has 2 N–H and O–H groups in total. The molecular weight excluding hydrogens is 354 g/mol.